The molecular formula is C10H13FN2. The number of hydrogen-bond donors (Lipinski definition) is 1. The molecule has 0 aromatic carbocycles. The van der Waals surface area contributed by atoms with Crippen LogP contribution in [0.25, 0.3) is 0 Å². The van der Waals surface area contributed by atoms with Crippen LogP contribution < -0.4 is 5.32 Å². The number of hydrogen-bond acceptors (Lipinski definition) is 2. The van der Waals surface area contributed by atoms with Gasteiger partial charge >= 0.3 is 0 Å². The lowest BCUT2D eigenvalue weighted by atomic mass is 9.91. The molecule has 0 aliphatic carbocycles. The molecule has 1 N–H and O–H groups in total. The van der Waals surface area contributed by atoms with E-state index in [0.29, 0.717) is 5.92 Å². The van der Waals surface area contributed by atoms with Gasteiger partial charge in [-0.2, -0.15) is 0 Å². The fourth-order valence-corrected chi connectivity index (χ4v) is 1.88. The fraction of sp³-hybridized carbons (Fsp3) is 0.500. The summed E-state index contributed by atoms with van der Waals surface area (Å²) in [5.74, 6) is 0.433. The molecule has 1 fully saturated rings. The zero-order chi connectivity index (χ0) is 9.10. The summed E-state index contributed by atoms with van der Waals surface area (Å²) in [6.07, 6.45) is 3.58. The minimum atomic E-state index is -0.243. The summed E-state index contributed by atoms with van der Waals surface area (Å²) in [7, 11) is 0. The van der Waals surface area contributed by atoms with Crippen molar-refractivity contribution in [3.63, 3.8) is 0 Å². The van der Waals surface area contributed by atoms with Crippen molar-refractivity contribution in [1.82, 2.24) is 10.3 Å². The Kier molecular flexibility index (Phi) is 2.54. The number of nitrogens with zero attached hydrogens (tertiary/aromatic N) is 1. The van der Waals surface area contributed by atoms with E-state index in [4.69, 9.17) is 0 Å². The van der Waals surface area contributed by atoms with Crippen molar-refractivity contribution in [1.29, 1.82) is 0 Å². The van der Waals surface area contributed by atoms with Crippen molar-refractivity contribution in [2.75, 3.05) is 19.8 Å². The lowest BCUT2D eigenvalue weighted by Gasteiger charge is -2.14. The number of alkyl halides is 1. The monoisotopic (exact) mass is 180 g/mol. The van der Waals surface area contributed by atoms with Crippen LogP contribution >= 0.6 is 0 Å². The maximum atomic E-state index is 12.6. The Labute approximate surface area is 77.2 Å². The van der Waals surface area contributed by atoms with E-state index < -0.39 is 0 Å². The molecule has 3 heteroatoms. The van der Waals surface area contributed by atoms with Gasteiger partial charge in [-0.25, -0.2) is 0 Å². The van der Waals surface area contributed by atoms with Crippen molar-refractivity contribution < 1.29 is 4.39 Å². The lowest BCUT2D eigenvalue weighted by molar-refractivity contribution is 0.358. The third kappa shape index (κ3) is 1.70. The molecule has 1 aromatic rings. The molecule has 0 saturated carbocycles. The van der Waals surface area contributed by atoms with E-state index in [1.165, 1.54) is 0 Å². The van der Waals surface area contributed by atoms with Gasteiger partial charge in [-0.1, -0.05) is 6.07 Å². The first-order valence-electron chi connectivity index (χ1n) is 4.58. The molecule has 0 spiro atoms. The molecule has 1 aliphatic heterocycles. The summed E-state index contributed by atoms with van der Waals surface area (Å²) in [6, 6.07) is 3.93. The zero-order valence-electron chi connectivity index (χ0n) is 7.41. The first kappa shape index (κ1) is 8.63. The van der Waals surface area contributed by atoms with Crippen LogP contribution in [0.5, 0.6) is 0 Å². The van der Waals surface area contributed by atoms with E-state index in [1.54, 1.807) is 6.20 Å². The maximum absolute atomic E-state index is 12.6. The Balaban J connectivity index is 2.16. The van der Waals surface area contributed by atoms with Crippen molar-refractivity contribution >= 4 is 0 Å². The molecule has 2 rings (SSSR count). The third-order valence-electron chi connectivity index (χ3n) is 2.65. The van der Waals surface area contributed by atoms with Crippen molar-refractivity contribution in [2.45, 2.75) is 5.92 Å². The predicted octanol–water partition coefficient (Wildman–Crippen LogP) is 1.35. The Bertz CT molecular complexity index is 263. The Morgan fingerprint density at radius 3 is 3.15 bits per heavy atom. The van der Waals surface area contributed by atoms with Gasteiger partial charge in [0.1, 0.15) is 0 Å². The number of rotatable bonds is 2. The van der Waals surface area contributed by atoms with Gasteiger partial charge in [-0.05, 0) is 11.6 Å². The van der Waals surface area contributed by atoms with Gasteiger partial charge in [0.15, 0.2) is 0 Å². The number of halogens is 1. The molecule has 13 heavy (non-hydrogen) atoms. The van der Waals surface area contributed by atoms with Gasteiger partial charge in [0.25, 0.3) is 0 Å². The van der Waals surface area contributed by atoms with Crippen molar-refractivity contribution in [3.8, 4) is 0 Å². The maximum Gasteiger partial charge on any atom is 0.0941 e. The molecule has 1 aliphatic rings. The summed E-state index contributed by atoms with van der Waals surface area (Å²) in [4.78, 5) is 4.05. The van der Waals surface area contributed by atoms with E-state index >= 15 is 0 Å². The highest BCUT2D eigenvalue weighted by Gasteiger charge is 2.28. The molecule has 0 bridgehead atoms. The van der Waals surface area contributed by atoms with E-state index in [0.717, 1.165) is 18.7 Å². The van der Waals surface area contributed by atoms with Gasteiger partial charge in [-0.15, -0.1) is 0 Å². The zero-order valence-corrected chi connectivity index (χ0v) is 7.41. The molecule has 1 saturated heterocycles. The van der Waals surface area contributed by atoms with E-state index in [9.17, 15) is 4.39 Å². The smallest absolute Gasteiger partial charge is 0.0941 e. The van der Waals surface area contributed by atoms with Gasteiger partial charge < -0.3 is 5.32 Å². The minimum absolute atomic E-state index is 0.129. The highest BCUT2D eigenvalue weighted by molar-refractivity contribution is 5.18. The quantitative estimate of drug-likeness (QED) is 0.743. The SMILES string of the molecule is FC[C@@H]1CNC[C@@H]1c1cccnc1. The predicted molar refractivity (Wildman–Crippen MR) is 49.3 cm³/mol. The topological polar surface area (TPSA) is 24.9 Å². The second-order valence-corrected chi connectivity index (χ2v) is 3.47. The van der Waals surface area contributed by atoms with Crippen LogP contribution in [-0.4, -0.2) is 24.7 Å². The highest BCUT2D eigenvalue weighted by Crippen LogP contribution is 2.27. The fourth-order valence-electron chi connectivity index (χ4n) is 1.88. The van der Waals surface area contributed by atoms with Crippen LogP contribution in [0, 0.1) is 5.92 Å². The molecule has 2 nitrogen and oxygen atoms in total. The molecule has 2 heterocycles. The average Bonchev–Trinajstić information content (AvgIpc) is 2.67. The van der Waals surface area contributed by atoms with Gasteiger partial charge in [0, 0.05) is 37.3 Å². The van der Waals surface area contributed by atoms with Crippen LogP contribution in [0.1, 0.15) is 11.5 Å². The average molecular weight is 180 g/mol. The number of pyridine rings is 1. The summed E-state index contributed by atoms with van der Waals surface area (Å²) in [5.41, 5.74) is 1.15. The second kappa shape index (κ2) is 3.83. The van der Waals surface area contributed by atoms with Crippen LogP contribution in [0.4, 0.5) is 4.39 Å². The standard InChI is InChI=1S/C10H13FN2/c11-4-9-6-13-7-10(9)8-2-1-3-12-5-8/h1-3,5,9-10,13H,4,6-7H2/t9-,10-/m1/s1. The second-order valence-electron chi connectivity index (χ2n) is 3.47. The first-order chi connectivity index (χ1) is 6.42. The van der Waals surface area contributed by atoms with Crippen LogP contribution in [0.2, 0.25) is 0 Å². The molecule has 70 valence electrons. The largest absolute Gasteiger partial charge is 0.316 e. The molecule has 0 amide bonds. The van der Waals surface area contributed by atoms with Crippen molar-refractivity contribution in [3.05, 3.63) is 30.1 Å². The van der Waals surface area contributed by atoms with Crippen LogP contribution in [0.3, 0.4) is 0 Å². The Hall–Kier alpha value is -0.960. The summed E-state index contributed by atoms with van der Waals surface area (Å²) < 4.78 is 12.6. The van der Waals surface area contributed by atoms with E-state index in [1.807, 2.05) is 18.3 Å². The van der Waals surface area contributed by atoms with Crippen LogP contribution in [-0.2, 0) is 0 Å². The van der Waals surface area contributed by atoms with E-state index in [2.05, 4.69) is 10.3 Å². The lowest BCUT2D eigenvalue weighted by Crippen LogP contribution is -2.12. The molecule has 0 radical (unpaired) electrons. The minimum Gasteiger partial charge on any atom is -0.316 e. The Morgan fingerprint density at radius 1 is 1.54 bits per heavy atom. The molecule has 1 aromatic heterocycles. The number of nitrogens with one attached hydrogen (secondary N) is 1. The van der Waals surface area contributed by atoms with Gasteiger partial charge in [0.2, 0.25) is 0 Å². The summed E-state index contributed by atoms with van der Waals surface area (Å²) in [6.45, 7) is 1.42. The third-order valence-corrected chi connectivity index (χ3v) is 2.65. The number of aromatic nitrogens is 1. The highest BCUT2D eigenvalue weighted by atomic mass is 19.1. The molecular weight excluding hydrogens is 167 g/mol. The molecule has 0 unspecified atom stereocenters. The van der Waals surface area contributed by atoms with Crippen molar-refractivity contribution in [2.24, 2.45) is 5.92 Å². The molecule has 2 atom stereocenters. The summed E-state index contributed by atoms with van der Waals surface area (Å²) >= 11 is 0. The van der Waals surface area contributed by atoms with E-state index in [-0.39, 0.29) is 12.6 Å². The Morgan fingerprint density at radius 2 is 2.46 bits per heavy atom. The first-order valence-corrected chi connectivity index (χ1v) is 4.58. The van der Waals surface area contributed by atoms with Crippen LogP contribution in [0.15, 0.2) is 24.5 Å². The van der Waals surface area contributed by atoms with Gasteiger partial charge in [-0.3, -0.25) is 9.37 Å². The summed E-state index contributed by atoms with van der Waals surface area (Å²) in [5, 5.41) is 3.20. The normalized spacial score (nSPS) is 27.8. The van der Waals surface area contributed by atoms with Gasteiger partial charge in [0.05, 0.1) is 6.67 Å².